The van der Waals surface area contributed by atoms with Gasteiger partial charge >= 0.3 is 23.1 Å². The van der Waals surface area contributed by atoms with Crippen LogP contribution < -0.4 is 4.74 Å². The third kappa shape index (κ3) is 3.01. The first-order valence-electron chi connectivity index (χ1n) is 3.04. The molecule has 0 saturated heterocycles. The van der Waals surface area contributed by atoms with E-state index >= 15 is 0 Å². The quantitative estimate of drug-likeness (QED) is 0.670. The van der Waals surface area contributed by atoms with Crippen molar-refractivity contribution < 1.29 is 7.59 Å². The van der Waals surface area contributed by atoms with Gasteiger partial charge in [-0.25, -0.2) is 0 Å². The summed E-state index contributed by atoms with van der Waals surface area (Å²) in [5.74, 6) is 0.903. The molecule has 1 aromatic carbocycles. The summed E-state index contributed by atoms with van der Waals surface area (Å²) in [5.41, 5.74) is 1.19. The van der Waals surface area contributed by atoms with E-state index in [1.165, 1.54) is 5.56 Å². The van der Waals surface area contributed by atoms with Crippen LogP contribution in [-0.4, -0.2) is 30.2 Å². The Balaban J connectivity index is -0.000000333. The molecule has 3 heteroatoms. The Morgan fingerprint density at radius 2 is 2.09 bits per heavy atom. The minimum atomic E-state index is 0. The van der Waals surface area contributed by atoms with Crippen molar-refractivity contribution in [3.05, 3.63) is 28.2 Å². The van der Waals surface area contributed by atoms with E-state index in [0.29, 0.717) is 0 Å². The number of methoxy groups -OCH3 is 1. The molecule has 0 unspecified atom stereocenters. The Labute approximate surface area is 94.4 Å². The summed E-state index contributed by atoms with van der Waals surface area (Å²) in [6.07, 6.45) is 0. The number of halogens is 1. The van der Waals surface area contributed by atoms with Crippen LogP contribution in [0.25, 0.3) is 0 Å². The van der Waals surface area contributed by atoms with Gasteiger partial charge in [0.15, 0.2) is 0 Å². The molecule has 0 radical (unpaired) electrons. The maximum absolute atomic E-state index is 5.03. The number of rotatable bonds is 1. The number of hydrogen-bond acceptors (Lipinski definition) is 1. The average Bonchev–Trinajstić information content (AvgIpc) is 1.95. The van der Waals surface area contributed by atoms with E-state index in [1.54, 1.807) is 7.11 Å². The van der Waals surface area contributed by atoms with Gasteiger partial charge in [-0.1, -0.05) is 15.9 Å². The molecule has 1 nitrogen and oxygen atoms in total. The van der Waals surface area contributed by atoms with Crippen LogP contribution in [0.5, 0.6) is 5.75 Å². The summed E-state index contributed by atoms with van der Waals surface area (Å²) in [5, 5.41) is 0. The molecular formula is C8H11BrMgO. The van der Waals surface area contributed by atoms with Crippen LogP contribution in [0.1, 0.15) is 8.42 Å². The standard InChI is InChI=1S/C8H9BrO.Mg.2H/c1-6-5-7(10-2)3-4-8(6)9;;;/h3-5H,1-2H3;;;/q;+2;2*-1. The number of hydrogen-bond donors (Lipinski definition) is 0. The van der Waals surface area contributed by atoms with Crippen LogP contribution in [0.4, 0.5) is 0 Å². The van der Waals surface area contributed by atoms with Crippen LogP contribution in [-0.2, 0) is 0 Å². The Morgan fingerprint density at radius 3 is 2.55 bits per heavy atom. The summed E-state index contributed by atoms with van der Waals surface area (Å²) in [4.78, 5) is 0. The van der Waals surface area contributed by atoms with Gasteiger partial charge in [-0.2, -0.15) is 0 Å². The predicted octanol–water partition coefficient (Wildman–Crippen LogP) is 2.61. The van der Waals surface area contributed by atoms with E-state index in [1.807, 2.05) is 25.1 Å². The zero-order valence-electron chi connectivity index (χ0n) is 8.73. The van der Waals surface area contributed by atoms with Gasteiger partial charge in [0, 0.05) is 4.47 Å². The summed E-state index contributed by atoms with van der Waals surface area (Å²) in [6.45, 7) is 2.03. The summed E-state index contributed by atoms with van der Waals surface area (Å²) < 4.78 is 6.15. The first-order valence-corrected chi connectivity index (χ1v) is 3.83. The zero-order chi connectivity index (χ0) is 7.56. The molecule has 0 atom stereocenters. The van der Waals surface area contributed by atoms with Crippen molar-refractivity contribution in [3.8, 4) is 5.75 Å². The van der Waals surface area contributed by atoms with E-state index in [-0.39, 0.29) is 25.9 Å². The van der Waals surface area contributed by atoms with Gasteiger partial charge in [0.2, 0.25) is 0 Å². The minimum absolute atomic E-state index is 0. The molecule has 1 aromatic rings. The molecule has 0 aliphatic rings. The van der Waals surface area contributed by atoms with Crippen LogP contribution in [0, 0.1) is 6.92 Å². The Morgan fingerprint density at radius 1 is 1.45 bits per heavy atom. The van der Waals surface area contributed by atoms with Crippen molar-refractivity contribution in [2.75, 3.05) is 7.11 Å². The van der Waals surface area contributed by atoms with E-state index in [2.05, 4.69) is 15.9 Å². The van der Waals surface area contributed by atoms with Gasteiger partial charge in [-0.3, -0.25) is 0 Å². The third-order valence-electron chi connectivity index (χ3n) is 1.37. The smallest absolute Gasteiger partial charge is 1.00 e. The molecule has 0 fully saturated rings. The first-order chi connectivity index (χ1) is 4.74. The maximum Gasteiger partial charge on any atom is 2.00 e. The summed E-state index contributed by atoms with van der Waals surface area (Å²) in [6, 6.07) is 5.90. The van der Waals surface area contributed by atoms with Crippen molar-refractivity contribution in [2.24, 2.45) is 0 Å². The first kappa shape index (κ1) is 11.3. The molecule has 0 aliphatic carbocycles. The Hall–Kier alpha value is 0.266. The molecule has 58 valence electrons. The Bertz CT molecular complexity index is 246. The monoisotopic (exact) mass is 226 g/mol. The predicted molar refractivity (Wildman–Crippen MR) is 53.4 cm³/mol. The van der Waals surface area contributed by atoms with Crippen molar-refractivity contribution in [2.45, 2.75) is 6.92 Å². The van der Waals surface area contributed by atoms with Gasteiger partial charge in [0.1, 0.15) is 5.75 Å². The molecule has 0 bridgehead atoms. The van der Waals surface area contributed by atoms with Crippen molar-refractivity contribution in [3.63, 3.8) is 0 Å². The summed E-state index contributed by atoms with van der Waals surface area (Å²) >= 11 is 3.40. The second-order valence-electron chi connectivity index (χ2n) is 2.12. The molecular weight excluding hydrogens is 216 g/mol. The van der Waals surface area contributed by atoms with E-state index in [0.717, 1.165) is 10.2 Å². The molecule has 0 amide bonds. The third-order valence-corrected chi connectivity index (χ3v) is 2.25. The van der Waals surface area contributed by atoms with Crippen molar-refractivity contribution in [1.82, 2.24) is 0 Å². The molecule has 0 spiro atoms. The van der Waals surface area contributed by atoms with Crippen LogP contribution >= 0.6 is 15.9 Å². The fourth-order valence-electron chi connectivity index (χ4n) is 0.744. The number of aryl methyl sites for hydroxylation is 1. The number of benzene rings is 1. The second kappa shape index (κ2) is 5.01. The second-order valence-corrected chi connectivity index (χ2v) is 2.97. The van der Waals surface area contributed by atoms with Crippen LogP contribution in [0.3, 0.4) is 0 Å². The number of ether oxygens (including phenoxy) is 1. The van der Waals surface area contributed by atoms with Crippen LogP contribution in [0.2, 0.25) is 0 Å². The normalized spacial score (nSPS) is 8.64. The topological polar surface area (TPSA) is 9.23 Å². The minimum Gasteiger partial charge on any atom is -1.00 e. The summed E-state index contributed by atoms with van der Waals surface area (Å²) in [7, 11) is 1.67. The zero-order valence-corrected chi connectivity index (χ0v) is 9.73. The Kier molecular flexibility index (Phi) is 5.13. The SMILES string of the molecule is COc1ccc(Br)c(C)c1.[H-].[H-].[Mg+2]. The molecule has 11 heavy (non-hydrogen) atoms. The van der Waals surface area contributed by atoms with E-state index in [9.17, 15) is 0 Å². The average molecular weight is 227 g/mol. The molecule has 0 aromatic heterocycles. The maximum atomic E-state index is 5.03. The molecule has 0 heterocycles. The van der Waals surface area contributed by atoms with E-state index < -0.39 is 0 Å². The molecule has 0 N–H and O–H groups in total. The van der Waals surface area contributed by atoms with Crippen molar-refractivity contribution >= 4 is 39.0 Å². The van der Waals surface area contributed by atoms with Gasteiger partial charge in [0.05, 0.1) is 7.11 Å². The molecule has 1 rings (SSSR count). The fraction of sp³-hybridized carbons (Fsp3) is 0.250. The molecule has 0 saturated carbocycles. The van der Waals surface area contributed by atoms with Gasteiger partial charge in [-0.05, 0) is 30.7 Å². The van der Waals surface area contributed by atoms with Crippen LogP contribution in [0.15, 0.2) is 22.7 Å². The van der Waals surface area contributed by atoms with E-state index in [4.69, 9.17) is 4.74 Å². The van der Waals surface area contributed by atoms with Gasteiger partial charge in [-0.15, -0.1) is 0 Å². The fourth-order valence-corrected chi connectivity index (χ4v) is 0.991. The molecule has 0 aliphatic heterocycles. The van der Waals surface area contributed by atoms with Crippen molar-refractivity contribution in [1.29, 1.82) is 0 Å². The van der Waals surface area contributed by atoms with Gasteiger partial charge in [0.25, 0.3) is 0 Å². The van der Waals surface area contributed by atoms with Gasteiger partial charge < -0.3 is 7.59 Å². The largest absolute Gasteiger partial charge is 2.00 e.